The van der Waals surface area contributed by atoms with Crippen LogP contribution in [0.15, 0.2) is 30.3 Å². The molecule has 4 atom stereocenters. The number of hydrogen-bond donors (Lipinski definition) is 0. The van der Waals surface area contributed by atoms with E-state index in [1.54, 1.807) is 0 Å². The zero-order chi connectivity index (χ0) is 11.8. The summed E-state index contributed by atoms with van der Waals surface area (Å²) in [5.74, 6) is 0.758. The Balaban J connectivity index is 1.73. The predicted molar refractivity (Wildman–Crippen MR) is 72.3 cm³/mol. The monoisotopic (exact) mass is 295 g/mol. The summed E-state index contributed by atoms with van der Waals surface area (Å²) in [5, 5.41) is 0. The summed E-state index contributed by atoms with van der Waals surface area (Å²) in [4.78, 5) is 3.17. The lowest BCUT2D eigenvalue weighted by atomic mass is 10.1. The Morgan fingerprint density at radius 1 is 1.35 bits per heavy atom. The molecule has 1 aliphatic carbocycles. The van der Waals surface area contributed by atoms with Crippen LogP contribution in [0.2, 0.25) is 0 Å². The van der Waals surface area contributed by atoms with Crippen LogP contribution in [0.1, 0.15) is 12.0 Å². The zero-order valence-electron chi connectivity index (χ0n) is 10.1. The summed E-state index contributed by atoms with van der Waals surface area (Å²) in [7, 11) is 1.84. The van der Waals surface area contributed by atoms with Gasteiger partial charge < -0.3 is 4.74 Å². The summed E-state index contributed by atoms with van der Waals surface area (Å²) >= 11 is 3.84. The third kappa shape index (κ3) is 2.05. The molecule has 3 heteroatoms. The minimum atomic E-state index is 0.404. The molecule has 0 amide bonds. The van der Waals surface area contributed by atoms with Crippen LogP contribution in [0, 0.1) is 5.92 Å². The van der Waals surface area contributed by atoms with Crippen molar-refractivity contribution in [3.63, 3.8) is 0 Å². The molecular weight excluding hydrogens is 278 g/mol. The van der Waals surface area contributed by atoms with Gasteiger partial charge in [-0.25, -0.2) is 0 Å². The molecule has 3 rings (SSSR count). The van der Waals surface area contributed by atoms with Crippen LogP contribution in [0.25, 0.3) is 0 Å². The highest BCUT2D eigenvalue weighted by Crippen LogP contribution is 2.44. The summed E-state index contributed by atoms with van der Waals surface area (Å²) in [6, 6.07) is 11.3. The SMILES string of the molecule is CO[C@@H]1C[C@H]2CN(Cc3ccccc3)[C@H]1[C@@H]2Br. The molecule has 0 spiro atoms. The molecule has 17 heavy (non-hydrogen) atoms. The second kappa shape index (κ2) is 4.71. The van der Waals surface area contributed by atoms with Gasteiger partial charge in [-0.2, -0.15) is 0 Å². The fourth-order valence-corrected chi connectivity index (χ4v) is 4.37. The fraction of sp³-hybridized carbons (Fsp3) is 0.571. The standard InChI is InChI=1S/C14H18BrNO/c1-17-12-7-11-9-16(14(12)13(11)15)8-10-5-3-2-4-6-10/h2-6,11-14H,7-9H2,1H3/t11-,12+,13+,14+/m0/s1. The maximum atomic E-state index is 5.61. The van der Waals surface area contributed by atoms with E-state index in [1.807, 2.05) is 7.11 Å². The average Bonchev–Trinajstić information content (AvgIpc) is 2.83. The number of halogens is 1. The maximum absolute atomic E-state index is 5.61. The summed E-state index contributed by atoms with van der Waals surface area (Å²) in [6.07, 6.45) is 1.62. The Morgan fingerprint density at radius 3 is 2.76 bits per heavy atom. The first-order chi connectivity index (χ1) is 8.29. The molecule has 2 aliphatic rings. The molecule has 0 unspecified atom stereocenters. The van der Waals surface area contributed by atoms with Gasteiger partial charge >= 0.3 is 0 Å². The van der Waals surface area contributed by atoms with Crippen molar-refractivity contribution in [2.45, 2.75) is 29.9 Å². The van der Waals surface area contributed by atoms with E-state index in [9.17, 15) is 0 Å². The summed E-state index contributed by atoms with van der Waals surface area (Å²) < 4.78 is 5.61. The predicted octanol–water partition coefficient (Wildman–Crippen LogP) is 2.67. The van der Waals surface area contributed by atoms with Gasteiger partial charge in [0.15, 0.2) is 0 Å². The maximum Gasteiger partial charge on any atom is 0.0741 e. The average molecular weight is 296 g/mol. The summed E-state index contributed by atoms with van der Waals surface area (Å²) in [6.45, 7) is 2.25. The number of fused-ring (bicyclic) bond motifs is 2. The number of nitrogens with zero attached hydrogens (tertiary/aromatic N) is 1. The van der Waals surface area contributed by atoms with Crippen molar-refractivity contribution in [1.29, 1.82) is 0 Å². The molecule has 0 N–H and O–H groups in total. The molecule has 1 aromatic rings. The third-order valence-electron chi connectivity index (χ3n) is 4.11. The Bertz CT molecular complexity index is 383. The van der Waals surface area contributed by atoms with Crippen molar-refractivity contribution in [2.75, 3.05) is 13.7 Å². The lowest BCUT2D eigenvalue weighted by Gasteiger charge is -2.32. The second-order valence-electron chi connectivity index (χ2n) is 5.12. The molecule has 0 radical (unpaired) electrons. The van der Waals surface area contributed by atoms with E-state index in [0.29, 0.717) is 17.0 Å². The third-order valence-corrected chi connectivity index (χ3v) is 5.40. The van der Waals surface area contributed by atoms with E-state index < -0.39 is 0 Å². The van der Waals surface area contributed by atoms with E-state index in [2.05, 4.69) is 51.2 Å². The normalized spacial score (nSPS) is 36.6. The van der Waals surface area contributed by atoms with E-state index in [0.717, 1.165) is 12.5 Å². The molecule has 2 bridgehead atoms. The van der Waals surface area contributed by atoms with Gasteiger partial charge in [-0.05, 0) is 17.9 Å². The molecule has 1 saturated heterocycles. The van der Waals surface area contributed by atoms with E-state index in [1.165, 1.54) is 18.5 Å². The fourth-order valence-electron chi connectivity index (χ4n) is 3.31. The molecule has 1 heterocycles. The zero-order valence-corrected chi connectivity index (χ0v) is 11.6. The number of piperidine rings is 1. The number of benzene rings is 1. The number of methoxy groups -OCH3 is 1. The number of alkyl halides is 1. The molecule has 92 valence electrons. The number of rotatable bonds is 3. The van der Waals surface area contributed by atoms with Crippen LogP contribution in [0.5, 0.6) is 0 Å². The van der Waals surface area contributed by atoms with Gasteiger partial charge in [0.25, 0.3) is 0 Å². The number of hydrogen-bond acceptors (Lipinski definition) is 2. The van der Waals surface area contributed by atoms with Crippen molar-refractivity contribution >= 4 is 15.9 Å². The Hall–Kier alpha value is -0.380. The van der Waals surface area contributed by atoms with E-state index in [-0.39, 0.29) is 0 Å². The van der Waals surface area contributed by atoms with Gasteiger partial charge in [0.2, 0.25) is 0 Å². The molecule has 1 aromatic carbocycles. The lowest BCUT2D eigenvalue weighted by molar-refractivity contribution is 0.0172. The van der Waals surface area contributed by atoms with Gasteiger partial charge in [0.05, 0.1) is 6.10 Å². The van der Waals surface area contributed by atoms with E-state index >= 15 is 0 Å². The molecule has 2 nitrogen and oxygen atoms in total. The van der Waals surface area contributed by atoms with Gasteiger partial charge in [0, 0.05) is 31.1 Å². The van der Waals surface area contributed by atoms with Crippen LogP contribution in [-0.4, -0.2) is 35.5 Å². The number of likely N-dealkylation sites (tertiary alicyclic amines) is 1. The van der Waals surface area contributed by atoms with Crippen LogP contribution < -0.4 is 0 Å². The highest BCUT2D eigenvalue weighted by molar-refractivity contribution is 9.09. The molecule has 2 fully saturated rings. The van der Waals surface area contributed by atoms with Crippen LogP contribution in [-0.2, 0) is 11.3 Å². The number of ether oxygens (including phenoxy) is 1. The molecule has 1 aliphatic heterocycles. The molecule has 0 aromatic heterocycles. The first kappa shape index (κ1) is 11.7. The van der Waals surface area contributed by atoms with Crippen molar-refractivity contribution in [1.82, 2.24) is 4.90 Å². The van der Waals surface area contributed by atoms with Crippen LogP contribution in [0.4, 0.5) is 0 Å². The molecule has 1 saturated carbocycles. The highest BCUT2D eigenvalue weighted by Gasteiger charge is 2.51. The van der Waals surface area contributed by atoms with E-state index in [4.69, 9.17) is 4.74 Å². The van der Waals surface area contributed by atoms with Gasteiger partial charge in [-0.3, -0.25) is 4.90 Å². The van der Waals surface area contributed by atoms with Crippen LogP contribution in [0.3, 0.4) is 0 Å². The smallest absolute Gasteiger partial charge is 0.0741 e. The quantitative estimate of drug-likeness (QED) is 0.795. The minimum absolute atomic E-state index is 0.404. The van der Waals surface area contributed by atoms with Gasteiger partial charge in [0.1, 0.15) is 0 Å². The highest BCUT2D eigenvalue weighted by atomic mass is 79.9. The largest absolute Gasteiger partial charge is 0.380 e. The Kier molecular flexibility index (Phi) is 3.24. The van der Waals surface area contributed by atoms with Crippen LogP contribution >= 0.6 is 15.9 Å². The van der Waals surface area contributed by atoms with Crippen molar-refractivity contribution in [3.8, 4) is 0 Å². The molecular formula is C14H18BrNO. The minimum Gasteiger partial charge on any atom is -0.380 e. The van der Waals surface area contributed by atoms with Gasteiger partial charge in [-0.15, -0.1) is 0 Å². The van der Waals surface area contributed by atoms with Gasteiger partial charge in [-0.1, -0.05) is 46.3 Å². The summed E-state index contributed by atoms with van der Waals surface area (Å²) in [5.41, 5.74) is 1.40. The van der Waals surface area contributed by atoms with Crippen molar-refractivity contribution in [2.24, 2.45) is 5.92 Å². The first-order valence-corrected chi connectivity index (χ1v) is 7.16. The van der Waals surface area contributed by atoms with Crippen molar-refractivity contribution in [3.05, 3.63) is 35.9 Å². The second-order valence-corrected chi connectivity index (χ2v) is 6.18. The first-order valence-electron chi connectivity index (χ1n) is 6.24. The lowest BCUT2D eigenvalue weighted by Crippen LogP contribution is -2.42. The topological polar surface area (TPSA) is 12.5 Å². The Morgan fingerprint density at radius 2 is 2.12 bits per heavy atom. The van der Waals surface area contributed by atoms with Crippen molar-refractivity contribution < 1.29 is 4.74 Å². The Labute approximate surface area is 111 Å².